The van der Waals surface area contributed by atoms with Gasteiger partial charge >= 0.3 is 0 Å². The number of nitrogens with zero attached hydrogens (tertiary/aromatic N) is 1. The quantitative estimate of drug-likeness (QED) is 0.730. The first-order chi connectivity index (χ1) is 10.1. The number of imidazole rings is 1. The average Bonchev–Trinajstić information content (AvgIpc) is 2.90. The highest BCUT2D eigenvalue weighted by atomic mass is 35.5. The zero-order chi connectivity index (χ0) is 14.8. The zero-order valence-electron chi connectivity index (χ0n) is 11.5. The highest BCUT2D eigenvalue weighted by molar-refractivity contribution is 6.42. The molecular formula is C16H15Cl2N3. The normalized spacial score (nSPS) is 12.7. The maximum Gasteiger partial charge on any atom is 0.121 e. The lowest BCUT2D eigenvalue weighted by molar-refractivity contribution is 0.563. The Morgan fingerprint density at radius 3 is 2.71 bits per heavy atom. The van der Waals surface area contributed by atoms with Crippen LogP contribution in [0.25, 0.3) is 11.0 Å². The maximum absolute atomic E-state index is 6.05. The third-order valence-corrected chi connectivity index (χ3v) is 4.20. The number of rotatable bonds is 4. The second kappa shape index (κ2) is 6.06. The van der Waals surface area contributed by atoms with Crippen molar-refractivity contribution >= 4 is 34.2 Å². The van der Waals surface area contributed by atoms with Crippen molar-refractivity contribution in [1.82, 2.24) is 15.3 Å². The number of halogens is 2. The summed E-state index contributed by atoms with van der Waals surface area (Å²) < 4.78 is 0. The summed E-state index contributed by atoms with van der Waals surface area (Å²) in [6.07, 6.45) is 0. The summed E-state index contributed by atoms with van der Waals surface area (Å²) >= 11 is 12.0. The summed E-state index contributed by atoms with van der Waals surface area (Å²) in [5.74, 6) is 0.920. The Bertz CT molecular complexity index is 734. The Hall–Kier alpha value is -1.55. The van der Waals surface area contributed by atoms with Gasteiger partial charge < -0.3 is 10.3 Å². The van der Waals surface area contributed by atoms with Gasteiger partial charge in [0.05, 0.1) is 27.6 Å². The summed E-state index contributed by atoms with van der Waals surface area (Å²) in [7, 11) is 0. The van der Waals surface area contributed by atoms with E-state index in [9.17, 15) is 0 Å². The number of hydrogen-bond acceptors (Lipinski definition) is 2. The van der Waals surface area contributed by atoms with E-state index < -0.39 is 0 Å². The predicted molar refractivity (Wildman–Crippen MR) is 87.8 cm³/mol. The molecule has 0 spiro atoms. The van der Waals surface area contributed by atoms with Gasteiger partial charge in [-0.1, -0.05) is 41.4 Å². The Kier molecular flexibility index (Phi) is 4.15. The smallest absolute Gasteiger partial charge is 0.121 e. The maximum atomic E-state index is 6.05. The molecule has 1 atom stereocenters. The molecule has 2 aromatic carbocycles. The first-order valence-corrected chi connectivity index (χ1v) is 7.51. The molecule has 5 heteroatoms. The summed E-state index contributed by atoms with van der Waals surface area (Å²) in [5.41, 5.74) is 3.13. The van der Waals surface area contributed by atoms with Gasteiger partial charge in [-0.15, -0.1) is 0 Å². The standard InChI is InChI=1S/C16H15Cl2N3/c1-10(11-6-7-12(17)13(18)8-11)19-9-16-20-14-4-2-3-5-15(14)21-16/h2-8,10,19H,9H2,1H3,(H,20,21). The van der Waals surface area contributed by atoms with Gasteiger partial charge in [0.25, 0.3) is 0 Å². The SMILES string of the molecule is CC(NCc1nc2ccccc2[nH]1)c1ccc(Cl)c(Cl)c1. The zero-order valence-corrected chi connectivity index (χ0v) is 13.0. The van der Waals surface area contributed by atoms with Crippen molar-refractivity contribution in [2.45, 2.75) is 19.5 Å². The Morgan fingerprint density at radius 2 is 1.95 bits per heavy atom. The largest absolute Gasteiger partial charge is 0.341 e. The number of para-hydroxylation sites is 2. The van der Waals surface area contributed by atoms with Gasteiger partial charge in [-0.3, -0.25) is 0 Å². The molecule has 0 saturated heterocycles. The Morgan fingerprint density at radius 1 is 1.14 bits per heavy atom. The summed E-state index contributed by atoms with van der Waals surface area (Å²) in [4.78, 5) is 7.85. The molecule has 0 aliphatic carbocycles. The van der Waals surface area contributed by atoms with Gasteiger partial charge in [0.1, 0.15) is 5.82 Å². The van der Waals surface area contributed by atoms with E-state index in [0.29, 0.717) is 16.6 Å². The Labute approximate surface area is 133 Å². The van der Waals surface area contributed by atoms with Crippen LogP contribution in [0.5, 0.6) is 0 Å². The van der Waals surface area contributed by atoms with Crippen LogP contribution in [0, 0.1) is 0 Å². The molecule has 108 valence electrons. The summed E-state index contributed by atoms with van der Waals surface area (Å²) in [5, 5.41) is 4.58. The number of fused-ring (bicyclic) bond motifs is 1. The van der Waals surface area contributed by atoms with E-state index in [4.69, 9.17) is 23.2 Å². The molecule has 3 rings (SSSR count). The minimum absolute atomic E-state index is 0.160. The van der Waals surface area contributed by atoms with Gasteiger partial charge in [0.15, 0.2) is 0 Å². The minimum atomic E-state index is 0.160. The monoisotopic (exact) mass is 319 g/mol. The average molecular weight is 320 g/mol. The van der Waals surface area contributed by atoms with Crippen LogP contribution in [-0.2, 0) is 6.54 Å². The van der Waals surface area contributed by atoms with Gasteiger partial charge in [-0.05, 0) is 36.8 Å². The second-order valence-electron chi connectivity index (χ2n) is 4.98. The molecule has 0 saturated carbocycles. The molecule has 21 heavy (non-hydrogen) atoms. The predicted octanol–water partition coefficient (Wildman–Crippen LogP) is 4.72. The highest BCUT2D eigenvalue weighted by Gasteiger charge is 2.09. The lowest BCUT2D eigenvalue weighted by Crippen LogP contribution is -2.18. The molecule has 1 aromatic heterocycles. The number of aromatic nitrogens is 2. The first kappa shape index (κ1) is 14.4. The van der Waals surface area contributed by atoms with E-state index in [-0.39, 0.29) is 6.04 Å². The van der Waals surface area contributed by atoms with Crippen molar-refractivity contribution in [3.05, 3.63) is 63.9 Å². The number of aromatic amines is 1. The highest BCUT2D eigenvalue weighted by Crippen LogP contribution is 2.25. The van der Waals surface area contributed by atoms with Crippen molar-refractivity contribution in [3.8, 4) is 0 Å². The van der Waals surface area contributed by atoms with Crippen LogP contribution >= 0.6 is 23.2 Å². The van der Waals surface area contributed by atoms with Crippen molar-refractivity contribution in [2.24, 2.45) is 0 Å². The third kappa shape index (κ3) is 3.21. The van der Waals surface area contributed by atoms with Gasteiger partial charge in [-0.2, -0.15) is 0 Å². The fourth-order valence-corrected chi connectivity index (χ4v) is 2.55. The molecule has 3 nitrogen and oxygen atoms in total. The fraction of sp³-hybridized carbons (Fsp3) is 0.188. The van der Waals surface area contributed by atoms with E-state index in [1.165, 1.54) is 0 Å². The first-order valence-electron chi connectivity index (χ1n) is 6.75. The molecule has 0 aliphatic heterocycles. The molecule has 0 radical (unpaired) electrons. The molecule has 3 aromatic rings. The molecule has 0 amide bonds. The fourth-order valence-electron chi connectivity index (χ4n) is 2.24. The van der Waals surface area contributed by atoms with E-state index in [2.05, 4.69) is 22.2 Å². The number of nitrogens with one attached hydrogen (secondary N) is 2. The Balaban J connectivity index is 1.70. The molecule has 1 heterocycles. The second-order valence-corrected chi connectivity index (χ2v) is 5.79. The van der Waals surface area contributed by atoms with Gasteiger partial charge in [0, 0.05) is 6.04 Å². The van der Waals surface area contributed by atoms with E-state index in [1.807, 2.05) is 42.5 Å². The van der Waals surface area contributed by atoms with E-state index >= 15 is 0 Å². The lowest BCUT2D eigenvalue weighted by atomic mass is 10.1. The summed E-state index contributed by atoms with van der Waals surface area (Å²) in [6.45, 7) is 2.75. The van der Waals surface area contributed by atoms with Crippen molar-refractivity contribution in [2.75, 3.05) is 0 Å². The van der Waals surface area contributed by atoms with Crippen LogP contribution in [0.2, 0.25) is 10.0 Å². The van der Waals surface area contributed by atoms with Gasteiger partial charge in [0.2, 0.25) is 0 Å². The van der Waals surface area contributed by atoms with Crippen molar-refractivity contribution < 1.29 is 0 Å². The topological polar surface area (TPSA) is 40.7 Å². The molecule has 0 fully saturated rings. The number of hydrogen-bond donors (Lipinski definition) is 2. The number of benzene rings is 2. The molecular weight excluding hydrogens is 305 g/mol. The molecule has 1 unspecified atom stereocenters. The van der Waals surface area contributed by atoms with E-state index in [0.717, 1.165) is 22.4 Å². The van der Waals surface area contributed by atoms with Crippen molar-refractivity contribution in [3.63, 3.8) is 0 Å². The van der Waals surface area contributed by atoms with Crippen LogP contribution in [0.15, 0.2) is 42.5 Å². The minimum Gasteiger partial charge on any atom is -0.341 e. The molecule has 2 N–H and O–H groups in total. The van der Waals surface area contributed by atoms with E-state index in [1.54, 1.807) is 0 Å². The van der Waals surface area contributed by atoms with Gasteiger partial charge in [-0.25, -0.2) is 4.98 Å². The van der Waals surface area contributed by atoms with Crippen LogP contribution in [-0.4, -0.2) is 9.97 Å². The summed E-state index contributed by atoms with van der Waals surface area (Å²) in [6, 6.07) is 13.8. The van der Waals surface area contributed by atoms with Crippen molar-refractivity contribution in [1.29, 1.82) is 0 Å². The molecule has 0 aliphatic rings. The lowest BCUT2D eigenvalue weighted by Gasteiger charge is -2.14. The molecule has 0 bridgehead atoms. The third-order valence-electron chi connectivity index (χ3n) is 3.46. The van der Waals surface area contributed by atoms with Crippen LogP contribution < -0.4 is 5.32 Å². The van der Waals surface area contributed by atoms with Crippen LogP contribution in [0.4, 0.5) is 0 Å². The van der Waals surface area contributed by atoms with Crippen LogP contribution in [0.3, 0.4) is 0 Å². The number of H-pyrrole nitrogens is 1. The van der Waals surface area contributed by atoms with Crippen LogP contribution in [0.1, 0.15) is 24.4 Å².